The highest BCUT2D eigenvalue weighted by Crippen LogP contribution is 2.20. The molecule has 1 aromatic carbocycles. The van der Waals surface area contributed by atoms with E-state index in [-0.39, 0.29) is 11.9 Å². The number of ether oxygens (including phenoxy) is 1. The summed E-state index contributed by atoms with van der Waals surface area (Å²) in [5.74, 6) is 0.387. The Morgan fingerprint density at radius 2 is 2.10 bits per heavy atom. The van der Waals surface area contributed by atoms with Crippen LogP contribution in [0.4, 0.5) is 0 Å². The van der Waals surface area contributed by atoms with Gasteiger partial charge in [0.1, 0.15) is 0 Å². The number of hydrogen-bond acceptors (Lipinski definition) is 4. The summed E-state index contributed by atoms with van der Waals surface area (Å²) < 4.78 is 6.89. The Bertz CT molecular complexity index is 768. The zero-order valence-corrected chi connectivity index (χ0v) is 12.1. The third kappa shape index (κ3) is 2.52. The molecule has 2 heterocycles. The normalized spacial score (nSPS) is 11.2. The SMILES string of the molecule is Cc1cc(OC(=O)C(C)C)n(-c2nc3ccccc3[nH]2)n1. The van der Waals surface area contributed by atoms with Crippen LogP contribution in [0, 0.1) is 12.8 Å². The summed E-state index contributed by atoms with van der Waals surface area (Å²) in [5.41, 5.74) is 2.49. The average Bonchev–Trinajstić information content (AvgIpc) is 3.01. The largest absolute Gasteiger partial charge is 0.407 e. The highest BCUT2D eigenvalue weighted by atomic mass is 16.5. The number of fused-ring (bicyclic) bond motifs is 1. The molecule has 0 saturated heterocycles. The van der Waals surface area contributed by atoms with Crippen LogP contribution in [0.15, 0.2) is 30.3 Å². The van der Waals surface area contributed by atoms with Crippen LogP contribution < -0.4 is 4.74 Å². The van der Waals surface area contributed by atoms with E-state index >= 15 is 0 Å². The summed E-state index contributed by atoms with van der Waals surface area (Å²) in [6.07, 6.45) is 0. The zero-order valence-electron chi connectivity index (χ0n) is 12.1. The van der Waals surface area contributed by atoms with Crippen molar-refractivity contribution in [2.75, 3.05) is 0 Å². The fraction of sp³-hybridized carbons (Fsp3) is 0.267. The van der Waals surface area contributed by atoms with Crippen LogP contribution in [-0.4, -0.2) is 25.7 Å². The van der Waals surface area contributed by atoms with Crippen LogP contribution in [0.2, 0.25) is 0 Å². The first kappa shape index (κ1) is 13.4. The van der Waals surface area contributed by atoms with E-state index < -0.39 is 0 Å². The number of aromatic amines is 1. The molecule has 0 saturated carbocycles. The lowest BCUT2D eigenvalue weighted by Crippen LogP contribution is -2.17. The van der Waals surface area contributed by atoms with Crippen LogP contribution in [0.5, 0.6) is 5.88 Å². The highest BCUT2D eigenvalue weighted by Gasteiger charge is 2.17. The number of esters is 1. The molecule has 2 aromatic heterocycles. The number of carbonyl (C=O) groups is 1. The van der Waals surface area contributed by atoms with E-state index in [0.29, 0.717) is 11.8 Å². The molecule has 0 unspecified atom stereocenters. The van der Waals surface area contributed by atoms with E-state index in [1.807, 2.05) is 31.2 Å². The monoisotopic (exact) mass is 284 g/mol. The molecule has 0 aliphatic heterocycles. The van der Waals surface area contributed by atoms with Gasteiger partial charge >= 0.3 is 5.97 Å². The quantitative estimate of drug-likeness (QED) is 0.750. The molecule has 0 aliphatic carbocycles. The second-order valence-corrected chi connectivity index (χ2v) is 5.19. The molecule has 108 valence electrons. The molecule has 6 heteroatoms. The molecule has 1 N–H and O–H groups in total. The van der Waals surface area contributed by atoms with Gasteiger partial charge in [0.25, 0.3) is 0 Å². The molecular formula is C15H16N4O2. The standard InChI is InChI=1S/C15H16N4O2/c1-9(2)14(20)21-13-8-10(3)18-19(13)15-16-11-6-4-5-7-12(11)17-15/h4-9H,1-3H3,(H,16,17). The average molecular weight is 284 g/mol. The van der Waals surface area contributed by atoms with E-state index in [1.165, 1.54) is 4.68 Å². The molecule has 0 atom stereocenters. The second-order valence-electron chi connectivity index (χ2n) is 5.19. The number of aryl methyl sites for hydroxylation is 1. The number of aromatic nitrogens is 4. The number of imidazole rings is 1. The van der Waals surface area contributed by atoms with E-state index in [0.717, 1.165) is 16.7 Å². The third-order valence-electron chi connectivity index (χ3n) is 3.05. The number of para-hydroxylation sites is 2. The molecule has 3 rings (SSSR count). The van der Waals surface area contributed by atoms with Gasteiger partial charge in [-0.15, -0.1) is 0 Å². The van der Waals surface area contributed by atoms with Crippen LogP contribution in [0.1, 0.15) is 19.5 Å². The Labute approximate surface area is 121 Å². The molecule has 21 heavy (non-hydrogen) atoms. The zero-order chi connectivity index (χ0) is 15.0. The lowest BCUT2D eigenvalue weighted by Gasteiger charge is -2.07. The highest BCUT2D eigenvalue weighted by molar-refractivity contribution is 5.76. The van der Waals surface area contributed by atoms with Gasteiger partial charge in [0.2, 0.25) is 11.8 Å². The maximum Gasteiger partial charge on any atom is 0.315 e. The maximum atomic E-state index is 11.8. The molecular weight excluding hydrogens is 268 g/mol. The van der Waals surface area contributed by atoms with E-state index in [2.05, 4.69) is 15.1 Å². The number of H-pyrrole nitrogens is 1. The smallest absolute Gasteiger partial charge is 0.315 e. The van der Waals surface area contributed by atoms with Gasteiger partial charge in [-0.25, -0.2) is 4.98 Å². The van der Waals surface area contributed by atoms with Crippen molar-refractivity contribution >= 4 is 17.0 Å². The number of nitrogens with zero attached hydrogens (tertiary/aromatic N) is 3. The lowest BCUT2D eigenvalue weighted by molar-refractivity contribution is -0.138. The van der Waals surface area contributed by atoms with Gasteiger partial charge in [0, 0.05) is 6.07 Å². The minimum absolute atomic E-state index is 0.204. The van der Waals surface area contributed by atoms with Gasteiger partial charge in [-0.2, -0.15) is 9.78 Å². The molecule has 0 amide bonds. The Kier molecular flexibility index (Phi) is 3.21. The van der Waals surface area contributed by atoms with E-state index in [1.54, 1.807) is 19.9 Å². The van der Waals surface area contributed by atoms with Gasteiger partial charge in [0.15, 0.2) is 0 Å². The molecule has 0 bridgehead atoms. The van der Waals surface area contributed by atoms with Crippen molar-refractivity contribution in [3.05, 3.63) is 36.0 Å². The molecule has 6 nitrogen and oxygen atoms in total. The van der Waals surface area contributed by atoms with Gasteiger partial charge in [-0.05, 0) is 19.1 Å². The predicted molar refractivity (Wildman–Crippen MR) is 78.4 cm³/mol. The number of carbonyl (C=O) groups excluding carboxylic acids is 1. The molecule has 0 radical (unpaired) electrons. The van der Waals surface area contributed by atoms with Crippen LogP contribution in [0.25, 0.3) is 17.0 Å². The van der Waals surface area contributed by atoms with Crippen molar-refractivity contribution in [1.29, 1.82) is 0 Å². The Balaban J connectivity index is 2.03. The number of rotatable bonds is 3. The minimum atomic E-state index is -0.299. The molecule has 0 aliphatic rings. The predicted octanol–water partition coefficient (Wildman–Crippen LogP) is 2.62. The van der Waals surface area contributed by atoms with Crippen molar-refractivity contribution in [3.8, 4) is 11.8 Å². The Morgan fingerprint density at radius 1 is 1.33 bits per heavy atom. The fourth-order valence-corrected chi connectivity index (χ4v) is 1.96. The van der Waals surface area contributed by atoms with Crippen molar-refractivity contribution < 1.29 is 9.53 Å². The lowest BCUT2D eigenvalue weighted by atomic mass is 10.2. The second kappa shape index (κ2) is 5.05. The number of benzene rings is 1. The first-order chi connectivity index (χ1) is 10.0. The molecule has 3 aromatic rings. The van der Waals surface area contributed by atoms with Crippen LogP contribution in [0.3, 0.4) is 0 Å². The first-order valence-corrected chi connectivity index (χ1v) is 6.78. The van der Waals surface area contributed by atoms with Gasteiger partial charge in [0.05, 0.1) is 22.6 Å². The topological polar surface area (TPSA) is 72.8 Å². The van der Waals surface area contributed by atoms with E-state index in [4.69, 9.17) is 4.74 Å². The summed E-state index contributed by atoms with van der Waals surface area (Å²) in [7, 11) is 0. The van der Waals surface area contributed by atoms with E-state index in [9.17, 15) is 4.79 Å². The number of nitrogens with one attached hydrogen (secondary N) is 1. The summed E-state index contributed by atoms with van der Waals surface area (Å²) in [6.45, 7) is 5.42. The fourth-order valence-electron chi connectivity index (χ4n) is 1.96. The van der Waals surface area contributed by atoms with Crippen LogP contribution >= 0.6 is 0 Å². The summed E-state index contributed by atoms with van der Waals surface area (Å²) in [6, 6.07) is 9.40. The summed E-state index contributed by atoms with van der Waals surface area (Å²) in [5, 5.41) is 4.33. The van der Waals surface area contributed by atoms with Crippen molar-refractivity contribution in [3.63, 3.8) is 0 Å². The Morgan fingerprint density at radius 3 is 2.81 bits per heavy atom. The molecule has 0 spiro atoms. The van der Waals surface area contributed by atoms with Gasteiger partial charge in [-0.3, -0.25) is 4.79 Å². The maximum absolute atomic E-state index is 11.8. The van der Waals surface area contributed by atoms with Crippen LogP contribution in [-0.2, 0) is 4.79 Å². The summed E-state index contributed by atoms with van der Waals surface area (Å²) in [4.78, 5) is 19.4. The van der Waals surface area contributed by atoms with Crippen molar-refractivity contribution in [1.82, 2.24) is 19.7 Å². The van der Waals surface area contributed by atoms with Gasteiger partial charge < -0.3 is 9.72 Å². The van der Waals surface area contributed by atoms with Crippen molar-refractivity contribution in [2.45, 2.75) is 20.8 Å². The minimum Gasteiger partial charge on any atom is -0.407 e. The third-order valence-corrected chi connectivity index (χ3v) is 3.05. The Hall–Kier alpha value is -2.63. The van der Waals surface area contributed by atoms with Crippen molar-refractivity contribution in [2.24, 2.45) is 5.92 Å². The number of hydrogen-bond donors (Lipinski definition) is 1. The molecule has 0 fully saturated rings. The van der Waals surface area contributed by atoms with Gasteiger partial charge in [-0.1, -0.05) is 26.0 Å². The summed E-state index contributed by atoms with van der Waals surface area (Å²) >= 11 is 0. The first-order valence-electron chi connectivity index (χ1n) is 6.78.